The fourth-order valence-electron chi connectivity index (χ4n) is 3.91. The van der Waals surface area contributed by atoms with E-state index in [1.807, 2.05) is 6.07 Å². The number of rotatable bonds is 7. The van der Waals surface area contributed by atoms with Gasteiger partial charge in [0.05, 0.1) is 5.56 Å². The first-order valence-corrected chi connectivity index (χ1v) is 11.0. The number of alkyl halides is 3. The standard InChI is InChI=1S/C27H21F4NO4/c1-26(2)23(24(26)35-20-11-7-6-10-18(20)27(29,30)31)25(33)36-22(15-32)16-12-13-19(28)21(14-16)34-17-8-4-3-5-9-17/h3-14,22-24H,1-2H3. The number of ether oxygens (including phenoxy) is 3. The van der Waals surface area contributed by atoms with Gasteiger partial charge in [-0.3, -0.25) is 4.79 Å². The zero-order valence-electron chi connectivity index (χ0n) is 19.3. The van der Waals surface area contributed by atoms with Crippen LogP contribution >= 0.6 is 0 Å². The van der Waals surface area contributed by atoms with E-state index in [1.165, 1.54) is 30.3 Å². The van der Waals surface area contributed by atoms with Gasteiger partial charge in [-0.1, -0.05) is 50.2 Å². The molecule has 1 aliphatic carbocycles. The highest BCUT2D eigenvalue weighted by Crippen LogP contribution is 2.55. The number of para-hydroxylation sites is 2. The van der Waals surface area contributed by atoms with Crippen LogP contribution in [0.3, 0.4) is 0 Å². The van der Waals surface area contributed by atoms with Gasteiger partial charge in [0.25, 0.3) is 0 Å². The Morgan fingerprint density at radius 3 is 2.33 bits per heavy atom. The zero-order chi connectivity index (χ0) is 26.1. The van der Waals surface area contributed by atoms with Crippen LogP contribution in [0.2, 0.25) is 0 Å². The Bertz CT molecular complexity index is 1300. The molecule has 0 heterocycles. The molecule has 4 rings (SSSR count). The van der Waals surface area contributed by atoms with Crippen molar-refractivity contribution in [2.75, 3.05) is 0 Å². The number of halogens is 4. The summed E-state index contributed by atoms with van der Waals surface area (Å²) in [6.45, 7) is 3.32. The Kier molecular flexibility index (Phi) is 6.63. The lowest BCUT2D eigenvalue weighted by Crippen LogP contribution is -2.16. The molecule has 3 unspecified atom stereocenters. The number of hydrogen-bond acceptors (Lipinski definition) is 5. The molecule has 0 radical (unpaired) electrons. The van der Waals surface area contributed by atoms with Gasteiger partial charge in [-0.15, -0.1) is 0 Å². The monoisotopic (exact) mass is 499 g/mol. The van der Waals surface area contributed by atoms with Gasteiger partial charge in [0.15, 0.2) is 11.6 Å². The fraction of sp³-hybridized carbons (Fsp3) is 0.259. The highest BCUT2D eigenvalue weighted by Gasteiger charge is 2.66. The van der Waals surface area contributed by atoms with Gasteiger partial charge in [-0.05, 0) is 36.4 Å². The summed E-state index contributed by atoms with van der Waals surface area (Å²) in [4.78, 5) is 12.9. The van der Waals surface area contributed by atoms with E-state index in [0.29, 0.717) is 5.75 Å². The van der Waals surface area contributed by atoms with E-state index in [2.05, 4.69) is 0 Å². The number of benzene rings is 3. The van der Waals surface area contributed by atoms with E-state index in [9.17, 15) is 27.6 Å². The Hall–Kier alpha value is -4.06. The minimum Gasteiger partial charge on any atom is -0.488 e. The summed E-state index contributed by atoms with van der Waals surface area (Å²) < 4.78 is 70.8. The second-order valence-corrected chi connectivity index (χ2v) is 8.88. The van der Waals surface area contributed by atoms with Crippen LogP contribution in [0, 0.1) is 28.5 Å². The van der Waals surface area contributed by atoms with Gasteiger partial charge >= 0.3 is 12.1 Å². The number of nitrogens with zero attached hydrogens (tertiary/aromatic N) is 1. The third-order valence-corrected chi connectivity index (χ3v) is 6.01. The van der Waals surface area contributed by atoms with Crippen molar-refractivity contribution in [2.24, 2.45) is 11.3 Å². The lowest BCUT2D eigenvalue weighted by atomic mass is 10.1. The molecule has 3 aromatic rings. The van der Waals surface area contributed by atoms with Gasteiger partial charge in [0, 0.05) is 11.0 Å². The number of esters is 1. The predicted octanol–water partition coefficient (Wildman–Crippen LogP) is 6.85. The summed E-state index contributed by atoms with van der Waals surface area (Å²) in [5.41, 5.74) is -1.61. The smallest absolute Gasteiger partial charge is 0.419 e. The highest BCUT2D eigenvalue weighted by molar-refractivity contribution is 5.79. The van der Waals surface area contributed by atoms with Crippen molar-refractivity contribution >= 4 is 5.97 Å². The molecular formula is C27H21F4NO4. The van der Waals surface area contributed by atoms with Crippen molar-refractivity contribution in [3.63, 3.8) is 0 Å². The molecule has 0 N–H and O–H groups in total. The molecule has 0 aromatic heterocycles. The molecule has 36 heavy (non-hydrogen) atoms. The summed E-state index contributed by atoms with van der Waals surface area (Å²) >= 11 is 0. The maximum atomic E-state index is 14.3. The second kappa shape index (κ2) is 9.53. The van der Waals surface area contributed by atoms with E-state index in [4.69, 9.17) is 14.2 Å². The Balaban J connectivity index is 1.49. The van der Waals surface area contributed by atoms with Crippen molar-refractivity contribution in [2.45, 2.75) is 32.2 Å². The molecule has 0 bridgehead atoms. The topological polar surface area (TPSA) is 68.5 Å². The summed E-state index contributed by atoms with van der Waals surface area (Å²) in [5, 5.41) is 9.62. The van der Waals surface area contributed by atoms with Gasteiger partial charge in [0.1, 0.15) is 29.6 Å². The Labute approximate surface area is 204 Å². The first-order valence-electron chi connectivity index (χ1n) is 11.0. The minimum atomic E-state index is -4.63. The van der Waals surface area contributed by atoms with E-state index >= 15 is 0 Å². The second-order valence-electron chi connectivity index (χ2n) is 8.88. The predicted molar refractivity (Wildman–Crippen MR) is 120 cm³/mol. The van der Waals surface area contributed by atoms with Crippen molar-refractivity contribution in [1.82, 2.24) is 0 Å². The molecule has 0 aliphatic heterocycles. The highest BCUT2D eigenvalue weighted by atomic mass is 19.4. The molecule has 3 aromatic carbocycles. The molecule has 1 saturated carbocycles. The molecule has 5 nitrogen and oxygen atoms in total. The van der Waals surface area contributed by atoms with E-state index in [1.54, 1.807) is 44.2 Å². The van der Waals surface area contributed by atoms with Gasteiger partial charge < -0.3 is 14.2 Å². The van der Waals surface area contributed by atoms with E-state index in [0.717, 1.165) is 12.1 Å². The Morgan fingerprint density at radius 1 is 1.00 bits per heavy atom. The molecule has 9 heteroatoms. The van der Waals surface area contributed by atoms with E-state index in [-0.39, 0.29) is 11.3 Å². The quantitative estimate of drug-likeness (QED) is 0.263. The average Bonchev–Trinajstić information content (AvgIpc) is 3.38. The number of hydrogen-bond donors (Lipinski definition) is 0. The third-order valence-electron chi connectivity index (χ3n) is 6.01. The van der Waals surface area contributed by atoms with E-state index < -0.39 is 52.8 Å². The number of carbonyl (C=O) groups excluding carboxylic acids is 1. The summed E-state index contributed by atoms with van der Waals surface area (Å²) in [5.74, 6) is -2.57. The van der Waals surface area contributed by atoms with Gasteiger partial charge in [-0.25, -0.2) is 4.39 Å². The normalized spacial score (nSPS) is 19.0. The van der Waals surface area contributed by atoms with Crippen LogP contribution in [-0.4, -0.2) is 12.1 Å². The van der Waals surface area contributed by atoms with Gasteiger partial charge in [0.2, 0.25) is 6.10 Å². The molecule has 1 aliphatic rings. The third kappa shape index (κ3) is 5.13. The summed E-state index contributed by atoms with van der Waals surface area (Å²) in [6, 6.07) is 18.7. The van der Waals surface area contributed by atoms with Crippen molar-refractivity contribution in [3.8, 4) is 23.3 Å². The van der Waals surface area contributed by atoms with Crippen LogP contribution in [0.5, 0.6) is 17.2 Å². The molecule has 1 fully saturated rings. The SMILES string of the molecule is CC1(C)C(Oc2ccccc2C(F)(F)F)C1C(=O)OC(C#N)c1ccc(F)c(Oc2ccccc2)c1. The van der Waals surface area contributed by atoms with Crippen molar-refractivity contribution in [1.29, 1.82) is 5.26 Å². The lowest BCUT2D eigenvalue weighted by molar-refractivity contribution is -0.149. The molecular weight excluding hydrogens is 478 g/mol. The van der Waals surface area contributed by atoms with Crippen LogP contribution in [0.15, 0.2) is 72.8 Å². The molecule has 0 spiro atoms. The van der Waals surface area contributed by atoms with Crippen molar-refractivity contribution < 1.29 is 36.6 Å². The fourth-order valence-corrected chi connectivity index (χ4v) is 3.91. The first-order chi connectivity index (χ1) is 17.0. The van der Waals surface area contributed by atoms with Gasteiger partial charge in [-0.2, -0.15) is 18.4 Å². The average molecular weight is 499 g/mol. The number of nitriles is 1. The summed E-state index contributed by atoms with van der Waals surface area (Å²) in [6.07, 6.45) is -6.91. The van der Waals surface area contributed by atoms with Crippen LogP contribution in [0.1, 0.15) is 31.1 Å². The molecule has 186 valence electrons. The molecule has 0 saturated heterocycles. The molecule has 3 atom stereocenters. The largest absolute Gasteiger partial charge is 0.488 e. The maximum Gasteiger partial charge on any atom is 0.419 e. The zero-order valence-corrected chi connectivity index (χ0v) is 19.3. The van der Waals surface area contributed by atoms with Crippen LogP contribution in [-0.2, 0) is 15.7 Å². The summed E-state index contributed by atoms with van der Waals surface area (Å²) in [7, 11) is 0. The maximum absolute atomic E-state index is 14.3. The van der Waals surface area contributed by atoms with Crippen LogP contribution in [0.4, 0.5) is 17.6 Å². The van der Waals surface area contributed by atoms with Crippen LogP contribution in [0.25, 0.3) is 0 Å². The molecule has 0 amide bonds. The first kappa shape index (κ1) is 25.0. The lowest BCUT2D eigenvalue weighted by Gasteiger charge is -2.15. The van der Waals surface area contributed by atoms with Crippen LogP contribution < -0.4 is 9.47 Å². The minimum absolute atomic E-state index is 0.160. The number of carbonyl (C=O) groups is 1. The Morgan fingerprint density at radius 2 is 1.67 bits per heavy atom. The van der Waals surface area contributed by atoms with Crippen molar-refractivity contribution in [3.05, 3.63) is 89.7 Å².